The molecule has 0 radical (unpaired) electrons. The fraction of sp³-hybridized carbons (Fsp3) is 0.875. The standard InChI is InChI=1S/C16H13F17O7S.Na/c17-9(18)12(23,24)13(25,26)10(19,20)1-3-37-7(34)5-6(41-40-39-36)8(35)38-4-2-11(21,22)14(27,28)15(29,30)16(31,32)33;/h6,9,36H,1-5H2;/q;+1/p-1. The zero-order valence-corrected chi connectivity index (χ0v) is 22.7. The number of hydrogen-bond donors (Lipinski definition) is 0. The van der Waals surface area contributed by atoms with E-state index in [-0.39, 0.29) is 29.6 Å². The van der Waals surface area contributed by atoms with Crippen molar-refractivity contribution in [1.82, 2.24) is 0 Å². The SMILES string of the molecule is O=C(CC(SOO[O-])C(=O)OCCC(F)(F)C(F)(F)C(F)(F)C(F)(F)F)OCCC(F)(F)C(F)(F)C(F)(F)C(F)F.[Na+]. The van der Waals surface area contributed by atoms with Crippen LogP contribution in [-0.2, 0) is 28.4 Å². The van der Waals surface area contributed by atoms with E-state index in [0.717, 1.165) is 0 Å². The normalized spacial score (nSPS) is 14.8. The maximum absolute atomic E-state index is 13.4. The van der Waals surface area contributed by atoms with Crippen LogP contribution in [0.15, 0.2) is 0 Å². The quantitative estimate of drug-likeness (QED) is 0.0572. The summed E-state index contributed by atoms with van der Waals surface area (Å²) in [4.78, 5) is 23.4. The number of esters is 2. The summed E-state index contributed by atoms with van der Waals surface area (Å²) >= 11 is -0.586. The van der Waals surface area contributed by atoms with Crippen molar-refractivity contribution >= 4 is 24.0 Å². The van der Waals surface area contributed by atoms with Gasteiger partial charge < -0.3 is 14.7 Å². The topological polar surface area (TPSA) is 94.1 Å². The summed E-state index contributed by atoms with van der Waals surface area (Å²) in [6.45, 7) is -4.00. The van der Waals surface area contributed by atoms with Gasteiger partial charge in [-0.15, -0.1) is 0 Å². The molecule has 7 nitrogen and oxygen atoms in total. The van der Waals surface area contributed by atoms with E-state index in [1.54, 1.807) is 0 Å². The Morgan fingerprint density at radius 2 is 1.12 bits per heavy atom. The van der Waals surface area contributed by atoms with Gasteiger partial charge in [0.25, 0.3) is 0 Å². The van der Waals surface area contributed by atoms with Crippen molar-refractivity contribution in [2.24, 2.45) is 0 Å². The maximum atomic E-state index is 13.4. The van der Waals surface area contributed by atoms with Crippen LogP contribution in [0.5, 0.6) is 0 Å². The van der Waals surface area contributed by atoms with Gasteiger partial charge in [-0.2, -0.15) is 70.2 Å². The molecule has 0 fully saturated rings. The Morgan fingerprint density at radius 1 is 0.690 bits per heavy atom. The van der Waals surface area contributed by atoms with Crippen LogP contribution in [0.2, 0.25) is 0 Å². The minimum Gasteiger partial charge on any atom is -0.691 e. The van der Waals surface area contributed by atoms with Crippen LogP contribution >= 0.6 is 12.0 Å². The van der Waals surface area contributed by atoms with E-state index in [2.05, 4.69) is 18.8 Å². The second-order valence-electron chi connectivity index (χ2n) is 7.37. The molecule has 0 aromatic carbocycles. The molecule has 42 heavy (non-hydrogen) atoms. The second kappa shape index (κ2) is 15.3. The second-order valence-corrected chi connectivity index (χ2v) is 8.26. The Hall–Kier alpha value is -1.02. The van der Waals surface area contributed by atoms with Gasteiger partial charge in [0, 0.05) is 12.0 Å². The van der Waals surface area contributed by atoms with Gasteiger partial charge in [0.2, 0.25) is 0 Å². The first kappa shape index (κ1) is 43.1. The Balaban J connectivity index is 0. The van der Waals surface area contributed by atoms with E-state index < -0.39 is 110 Å². The van der Waals surface area contributed by atoms with Crippen molar-refractivity contribution in [2.75, 3.05) is 13.2 Å². The summed E-state index contributed by atoms with van der Waals surface area (Å²) in [5, 5.41) is 10.2. The molecule has 0 bridgehead atoms. The van der Waals surface area contributed by atoms with Gasteiger partial charge in [-0.1, -0.05) is 0 Å². The van der Waals surface area contributed by atoms with Crippen molar-refractivity contribution in [2.45, 2.75) is 72.6 Å². The molecule has 0 aliphatic carbocycles. The van der Waals surface area contributed by atoms with E-state index in [0.29, 0.717) is 0 Å². The van der Waals surface area contributed by atoms with Gasteiger partial charge >= 0.3 is 89.6 Å². The fourth-order valence-corrected chi connectivity index (χ4v) is 2.68. The van der Waals surface area contributed by atoms with E-state index in [1.165, 1.54) is 0 Å². The van der Waals surface area contributed by atoms with Gasteiger partial charge in [-0.3, -0.25) is 14.6 Å². The minimum absolute atomic E-state index is 0. The van der Waals surface area contributed by atoms with Crippen LogP contribution in [0, 0.1) is 0 Å². The van der Waals surface area contributed by atoms with E-state index >= 15 is 0 Å². The average Bonchev–Trinajstić information content (AvgIpc) is 2.79. The van der Waals surface area contributed by atoms with Crippen molar-refractivity contribution < 1.29 is 138 Å². The molecule has 0 amide bonds. The van der Waals surface area contributed by atoms with Gasteiger partial charge in [-0.25, -0.2) is 8.78 Å². The Kier molecular flexibility index (Phi) is 15.7. The Bertz CT molecular complexity index is 888. The predicted molar refractivity (Wildman–Crippen MR) is 91.1 cm³/mol. The van der Waals surface area contributed by atoms with Gasteiger partial charge in [-0.05, 0) is 0 Å². The molecule has 0 spiro atoms. The van der Waals surface area contributed by atoms with Crippen molar-refractivity contribution in [3.8, 4) is 0 Å². The van der Waals surface area contributed by atoms with Crippen LogP contribution < -0.4 is 34.8 Å². The molecule has 1 atom stereocenters. The molecular weight excluding hydrogens is 682 g/mol. The summed E-state index contributed by atoms with van der Waals surface area (Å²) in [5.74, 6) is -43.8. The average molecular weight is 694 g/mol. The summed E-state index contributed by atoms with van der Waals surface area (Å²) in [6, 6.07) is 0. The molecule has 0 saturated heterocycles. The zero-order chi connectivity index (χ0) is 32.9. The number of carbonyl (C=O) groups excluding carboxylic acids is 2. The molecule has 244 valence electrons. The Morgan fingerprint density at radius 3 is 1.52 bits per heavy atom. The summed E-state index contributed by atoms with van der Waals surface area (Å²) in [6.07, 6.45) is -19.2. The zero-order valence-electron chi connectivity index (χ0n) is 19.9. The predicted octanol–water partition coefficient (Wildman–Crippen LogP) is 2.13. The number of hydrogen-bond acceptors (Lipinski definition) is 8. The van der Waals surface area contributed by atoms with Crippen LogP contribution in [0.1, 0.15) is 19.3 Å². The molecule has 0 heterocycles. The first-order valence-electron chi connectivity index (χ1n) is 9.70. The summed E-state index contributed by atoms with van der Waals surface area (Å²) in [7, 11) is 0. The van der Waals surface area contributed by atoms with Crippen molar-refractivity contribution in [1.29, 1.82) is 0 Å². The van der Waals surface area contributed by atoms with Crippen molar-refractivity contribution in [3.05, 3.63) is 0 Å². The number of ether oxygens (including phenoxy) is 2. The fourth-order valence-electron chi connectivity index (χ4n) is 2.20. The van der Waals surface area contributed by atoms with Gasteiger partial charge in [0.15, 0.2) is 0 Å². The molecule has 1 unspecified atom stereocenters. The number of carbonyl (C=O) groups is 2. The first-order valence-corrected chi connectivity index (χ1v) is 10.5. The molecular formula is C16H12F17NaO7S. The van der Waals surface area contributed by atoms with Crippen LogP contribution in [0.4, 0.5) is 74.6 Å². The first-order chi connectivity index (χ1) is 18.1. The number of halogens is 17. The molecule has 0 aromatic rings. The monoisotopic (exact) mass is 694 g/mol. The molecule has 26 heteroatoms. The third kappa shape index (κ3) is 9.74. The van der Waals surface area contributed by atoms with E-state index in [1.807, 2.05) is 0 Å². The number of rotatable bonds is 17. The molecule has 0 rings (SSSR count). The van der Waals surface area contributed by atoms with Gasteiger partial charge in [0.1, 0.15) is 5.25 Å². The van der Waals surface area contributed by atoms with Crippen LogP contribution in [0.25, 0.3) is 0 Å². The number of alkyl halides is 17. The van der Waals surface area contributed by atoms with Crippen LogP contribution in [-0.4, -0.2) is 78.5 Å². The third-order valence-corrected chi connectivity index (χ3v) is 5.22. The molecule has 0 saturated carbocycles. The molecule has 0 N–H and O–H groups in total. The Labute approximate surface area is 247 Å². The smallest absolute Gasteiger partial charge is 0.691 e. The molecule has 0 aromatic heterocycles. The summed E-state index contributed by atoms with van der Waals surface area (Å²) < 4.78 is 229. The largest absolute Gasteiger partial charge is 1.00 e. The van der Waals surface area contributed by atoms with E-state index in [4.69, 9.17) is 0 Å². The van der Waals surface area contributed by atoms with Crippen LogP contribution in [0.3, 0.4) is 0 Å². The maximum Gasteiger partial charge on any atom is 1.00 e. The molecule has 0 aliphatic heterocycles. The van der Waals surface area contributed by atoms with E-state index in [9.17, 15) is 89.5 Å². The van der Waals surface area contributed by atoms with Crippen molar-refractivity contribution in [3.63, 3.8) is 0 Å². The summed E-state index contributed by atoms with van der Waals surface area (Å²) in [5.41, 5.74) is 0. The minimum atomic E-state index is -7.27. The molecule has 0 aliphatic rings. The third-order valence-electron chi connectivity index (χ3n) is 4.50. The van der Waals surface area contributed by atoms with Gasteiger partial charge in [0.05, 0.1) is 32.5 Å².